The van der Waals surface area contributed by atoms with Crippen LogP contribution in [0.1, 0.15) is 11.6 Å². The average Bonchev–Trinajstić information content (AvgIpc) is 2.27. The van der Waals surface area contributed by atoms with Gasteiger partial charge in [0.25, 0.3) is 0 Å². The highest BCUT2D eigenvalue weighted by Gasteiger charge is 2.21. The summed E-state index contributed by atoms with van der Waals surface area (Å²) in [6.07, 6.45) is 0. The maximum Gasteiger partial charge on any atom is 0.200 e. The van der Waals surface area contributed by atoms with E-state index in [4.69, 9.17) is 9.84 Å². The molecule has 1 atom stereocenters. The number of rotatable bonds is 1. The van der Waals surface area contributed by atoms with Crippen LogP contribution in [-0.4, -0.2) is 35.1 Å². The summed E-state index contributed by atoms with van der Waals surface area (Å²) in [5.41, 5.74) is 0.532. The summed E-state index contributed by atoms with van der Waals surface area (Å²) in [4.78, 5) is 0. The topological polar surface area (TPSA) is 82.0 Å². The predicted octanol–water partition coefficient (Wildman–Crippen LogP) is 0.886. The summed E-state index contributed by atoms with van der Waals surface area (Å²) in [5, 5.41) is 31.3. The van der Waals surface area contributed by atoms with E-state index in [-0.39, 0.29) is 29.9 Å². The number of hydrogen-bond acceptors (Lipinski definition) is 5. The highest BCUT2D eigenvalue weighted by molar-refractivity contribution is 5.85. The lowest BCUT2D eigenvalue weighted by molar-refractivity contribution is 0.0759. The third-order valence-electron chi connectivity index (χ3n) is 2.46. The van der Waals surface area contributed by atoms with Crippen molar-refractivity contribution in [3.63, 3.8) is 0 Å². The van der Waals surface area contributed by atoms with Crippen molar-refractivity contribution in [2.75, 3.05) is 19.8 Å². The van der Waals surface area contributed by atoms with Crippen molar-refractivity contribution in [2.45, 2.75) is 6.04 Å². The van der Waals surface area contributed by atoms with Crippen molar-refractivity contribution in [2.24, 2.45) is 0 Å². The number of benzene rings is 1. The number of phenols is 3. The minimum atomic E-state index is -0.486. The molecule has 1 aromatic carbocycles. The van der Waals surface area contributed by atoms with Crippen LogP contribution >= 0.6 is 12.4 Å². The predicted molar refractivity (Wildman–Crippen MR) is 60.2 cm³/mol. The van der Waals surface area contributed by atoms with Crippen LogP contribution in [-0.2, 0) is 4.74 Å². The first kappa shape index (κ1) is 12.9. The highest BCUT2D eigenvalue weighted by Crippen LogP contribution is 2.39. The Balaban J connectivity index is 0.00000128. The Kier molecular flexibility index (Phi) is 4.23. The lowest BCUT2D eigenvalue weighted by Crippen LogP contribution is -2.34. The monoisotopic (exact) mass is 247 g/mol. The van der Waals surface area contributed by atoms with Gasteiger partial charge in [-0.3, -0.25) is 0 Å². The first-order chi connectivity index (χ1) is 7.20. The number of ether oxygens (including phenoxy) is 1. The minimum Gasteiger partial charge on any atom is -0.504 e. The van der Waals surface area contributed by atoms with Crippen LogP contribution in [0.15, 0.2) is 12.1 Å². The number of phenolic OH excluding ortho intramolecular Hbond substituents is 3. The number of halogens is 1. The van der Waals surface area contributed by atoms with Crippen molar-refractivity contribution in [3.05, 3.63) is 17.7 Å². The minimum absolute atomic E-state index is 0. The summed E-state index contributed by atoms with van der Waals surface area (Å²) in [5.74, 6) is -1.11. The molecule has 0 unspecified atom stereocenters. The van der Waals surface area contributed by atoms with E-state index in [9.17, 15) is 10.2 Å². The van der Waals surface area contributed by atoms with Crippen LogP contribution in [0.5, 0.6) is 17.2 Å². The molecule has 1 fully saturated rings. The van der Waals surface area contributed by atoms with E-state index < -0.39 is 5.75 Å². The lowest BCUT2D eigenvalue weighted by atomic mass is 10.0. The van der Waals surface area contributed by atoms with E-state index >= 15 is 0 Å². The van der Waals surface area contributed by atoms with Crippen LogP contribution in [0.25, 0.3) is 0 Å². The van der Waals surface area contributed by atoms with Crippen LogP contribution in [0, 0.1) is 0 Å². The van der Waals surface area contributed by atoms with Gasteiger partial charge in [-0.05, 0) is 12.1 Å². The zero-order valence-corrected chi connectivity index (χ0v) is 9.33. The second-order valence-corrected chi connectivity index (χ2v) is 3.45. The fraction of sp³-hybridized carbons (Fsp3) is 0.400. The van der Waals surface area contributed by atoms with Gasteiger partial charge in [-0.15, -0.1) is 12.4 Å². The molecule has 0 radical (unpaired) electrons. The van der Waals surface area contributed by atoms with E-state index in [1.54, 1.807) is 6.07 Å². The largest absolute Gasteiger partial charge is 0.504 e. The second-order valence-electron chi connectivity index (χ2n) is 3.45. The molecular formula is C10H14ClNO4. The number of hydrogen-bond donors (Lipinski definition) is 4. The highest BCUT2D eigenvalue weighted by atomic mass is 35.5. The Morgan fingerprint density at radius 2 is 1.94 bits per heavy atom. The third-order valence-corrected chi connectivity index (χ3v) is 2.46. The molecule has 0 aliphatic carbocycles. The number of aromatic hydroxyl groups is 3. The van der Waals surface area contributed by atoms with Gasteiger partial charge in [0.1, 0.15) is 0 Å². The molecule has 0 spiro atoms. The first-order valence-electron chi connectivity index (χ1n) is 4.75. The quantitative estimate of drug-likeness (QED) is 0.554. The van der Waals surface area contributed by atoms with E-state index in [1.807, 2.05) is 0 Å². The van der Waals surface area contributed by atoms with Gasteiger partial charge in [-0.1, -0.05) is 0 Å². The molecule has 0 amide bonds. The molecular weight excluding hydrogens is 234 g/mol. The average molecular weight is 248 g/mol. The van der Waals surface area contributed by atoms with Gasteiger partial charge >= 0.3 is 0 Å². The van der Waals surface area contributed by atoms with E-state index in [0.717, 1.165) is 0 Å². The maximum absolute atomic E-state index is 9.63. The van der Waals surface area contributed by atoms with Gasteiger partial charge in [0, 0.05) is 12.1 Å². The molecule has 0 bridgehead atoms. The van der Waals surface area contributed by atoms with Crippen LogP contribution < -0.4 is 5.32 Å². The molecule has 90 valence electrons. The van der Waals surface area contributed by atoms with Crippen LogP contribution in [0.3, 0.4) is 0 Å². The molecule has 1 heterocycles. The smallest absolute Gasteiger partial charge is 0.200 e. The van der Waals surface area contributed by atoms with E-state index in [0.29, 0.717) is 25.3 Å². The Labute approximate surface area is 99.1 Å². The van der Waals surface area contributed by atoms with Crippen molar-refractivity contribution in [1.82, 2.24) is 5.32 Å². The standard InChI is InChI=1S/C10H13NO4.ClH/c12-8-2-1-6(9(13)10(8)14)7-5-15-4-3-11-7;/h1-2,7,11-14H,3-5H2;1H/t7-;/m1./s1. The molecule has 1 aliphatic heterocycles. The van der Waals surface area contributed by atoms with Crippen molar-refractivity contribution < 1.29 is 20.1 Å². The molecule has 1 aromatic rings. The normalized spacial score (nSPS) is 20.1. The Hall–Kier alpha value is -1.17. The lowest BCUT2D eigenvalue weighted by Gasteiger charge is -2.24. The van der Waals surface area contributed by atoms with Crippen molar-refractivity contribution >= 4 is 12.4 Å². The van der Waals surface area contributed by atoms with Crippen LogP contribution in [0.4, 0.5) is 0 Å². The zero-order valence-electron chi connectivity index (χ0n) is 8.51. The van der Waals surface area contributed by atoms with Gasteiger partial charge in [0.15, 0.2) is 11.5 Å². The SMILES string of the molecule is Cl.Oc1ccc([C@H]2COCCN2)c(O)c1O. The third kappa shape index (κ3) is 2.32. The molecule has 5 nitrogen and oxygen atoms in total. The fourth-order valence-corrected chi connectivity index (χ4v) is 1.63. The van der Waals surface area contributed by atoms with Gasteiger partial charge in [0.05, 0.1) is 19.3 Å². The summed E-state index contributed by atoms with van der Waals surface area (Å²) in [6.45, 7) is 1.78. The maximum atomic E-state index is 9.63. The second kappa shape index (κ2) is 5.25. The van der Waals surface area contributed by atoms with Crippen molar-refractivity contribution in [3.8, 4) is 17.2 Å². The Morgan fingerprint density at radius 1 is 1.19 bits per heavy atom. The molecule has 2 rings (SSSR count). The molecule has 0 saturated carbocycles. The molecule has 4 N–H and O–H groups in total. The summed E-state index contributed by atoms with van der Waals surface area (Å²) in [7, 11) is 0. The molecule has 16 heavy (non-hydrogen) atoms. The molecule has 1 saturated heterocycles. The molecule has 6 heteroatoms. The van der Waals surface area contributed by atoms with Gasteiger partial charge in [0.2, 0.25) is 5.75 Å². The summed E-state index contributed by atoms with van der Waals surface area (Å²) in [6, 6.07) is 2.77. The molecule has 1 aliphatic rings. The summed E-state index contributed by atoms with van der Waals surface area (Å²) >= 11 is 0. The van der Waals surface area contributed by atoms with Crippen LogP contribution in [0.2, 0.25) is 0 Å². The Morgan fingerprint density at radius 3 is 2.56 bits per heavy atom. The van der Waals surface area contributed by atoms with Crippen molar-refractivity contribution in [1.29, 1.82) is 0 Å². The number of morpholine rings is 1. The van der Waals surface area contributed by atoms with E-state index in [1.165, 1.54) is 6.07 Å². The fourth-order valence-electron chi connectivity index (χ4n) is 1.63. The van der Waals surface area contributed by atoms with Gasteiger partial charge < -0.3 is 25.4 Å². The summed E-state index contributed by atoms with van der Waals surface area (Å²) < 4.78 is 5.24. The van der Waals surface area contributed by atoms with E-state index in [2.05, 4.69) is 5.32 Å². The molecule has 0 aromatic heterocycles. The first-order valence-corrected chi connectivity index (χ1v) is 4.75. The van der Waals surface area contributed by atoms with Gasteiger partial charge in [-0.2, -0.15) is 0 Å². The zero-order chi connectivity index (χ0) is 10.8. The van der Waals surface area contributed by atoms with Gasteiger partial charge in [-0.25, -0.2) is 0 Å². The number of nitrogens with one attached hydrogen (secondary N) is 1. The Bertz CT molecular complexity index is 366.